The number of para-hydroxylation sites is 1. The van der Waals surface area contributed by atoms with Gasteiger partial charge in [0.25, 0.3) is 5.56 Å². The van der Waals surface area contributed by atoms with Crippen LogP contribution in [-0.4, -0.2) is 29.7 Å². The Balaban J connectivity index is 1.33. The quantitative estimate of drug-likeness (QED) is 0.418. The molecule has 1 aromatic carbocycles. The van der Waals surface area contributed by atoms with Crippen molar-refractivity contribution in [2.75, 3.05) is 0 Å². The summed E-state index contributed by atoms with van der Waals surface area (Å²) in [7, 11) is 1.66. The van der Waals surface area contributed by atoms with Gasteiger partial charge in [-0.3, -0.25) is 18.6 Å². The Morgan fingerprint density at radius 1 is 1.14 bits per heavy atom. The van der Waals surface area contributed by atoms with Gasteiger partial charge in [0.2, 0.25) is 5.78 Å². The van der Waals surface area contributed by atoms with Crippen LogP contribution >= 0.6 is 11.3 Å². The van der Waals surface area contributed by atoms with E-state index in [2.05, 4.69) is 10.2 Å². The Bertz CT molecular complexity index is 1420. The zero-order valence-electron chi connectivity index (χ0n) is 15.6. The van der Waals surface area contributed by atoms with Crippen LogP contribution in [0.2, 0.25) is 0 Å². The first-order valence-electron chi connectivity index (χ1n) is 9.13. The van der Waals surface area contributed by atoms with E-state index in [-0.39, 0.29) is 24.6 Å². The molecular weight excluding hydrogens is 390 g/mol. The smallest absolute Gasteiger partial charge is 0.308 e. The molecular formula is C20H17N5O3S. The summed E-state index contributed by atoms with van der Waals surface area (Å²) in [6, 6.07) is 11.9. The Labute approximate surface area is 168 Å². The molecule has 5 aromatic rings. The molecule has 0 radical (unpaired) electrons. The van der Waals surface area contributed by atoms with Crippen LogP contribution in [0.4, 0.5) is 0 Å². The molecule has 9 heteroatoms. The predicted molar refractivity (Wildman–Crippen MR) is 110 cm³/mol. The maximum Gasteiger partial charge on any atom is 0.308 e. The summed E-state index contributed by atoms with van der Waals surface area (Å²) in [5.74, 6) is 0.593. The first kappa shape index (κ1) is 17.6. The average molecular weight is 407 g/mol. The fourth-order valence-electron chi connectivity index (χ4n) is 3.51. The number of nitrogens with zero attached hydrogens (tertiary/aromatic N) is 5. The van der Waals surface area contributed by atoms with Crippen molar-refractivity contribution < 1.29 is 9.53 Å². The van der Waals surface area contributed by atoms with Crippen LogP contribution in [0.3, 0.4) is 0 Å². The number of ether oxygens (including phenoxy) is 1. The molecule has 0 saturated carbocycles. The highest BCUT2D eigenvalue weighted by Crippen LogP contribution is 2.20. The van der Waals surface area contributed by atoms with Crippen molar-refractivity contribution in [2.45, 2.75) is 19.6 Å². The molecule has 0 aliphatic carbocycles. The Hall–Kier alpha value is -3.46. The van der Waals surface area contributed by atoms with Gasteiger partial charge in [0.1, 0.15) is 4.70 Å². The molecule has 0 bridgehead atoms. The van der Waals surface area contributed by atoms with Crippen LogP contribution in [0.1, 0.15) is 12.2 Å². The molecule has 0 fully saturated rings. The van der Waals surface area contributed by atoms with Crippen LogP contribution in [0.25, 0.3) is 26.9 Å². The number of hydrogen-bond acceptors (Lipinski definition) is 6. The van der Waals surface area contributed by atoms with Gasteiger partial charge in [0.05, 0.1) is 11.9 Å². The van der Waals surface area contributed by atoms with Gasteiger partial charge >= 0.3 is 5.97 Å². The fourth-order valence-corrected chi connectivity index (χ4v) is 4.36. The van der Waals surface area contributed by atoms with E-state index in [1.54, 1.807) is 11.4 Å². The first-order chi connectivity index (χ1) is 14.1. The average Bonchev–Trinajstić information content (AvgIpc) is 3.46. The molecule has 146 valence electrons. The third kappa shape index (κ3) is 2.90. The van der Waals surface area contributed by atoms with E-state index < -0.39 is 0 Å². The number of benzene rings is 1. The van der Waals surface area contributed by atoms with E-state index in [0.717, 1.165) is 16.4 Å². The standard InChI is InChI=1S/C20H17N5O3S/c1-23-19(27)18-15(8-11-29-18)25-16(21-22-20(23)25)12-28-17(26)7-10-24-9-6-13-4-2-3-5-14(13)24/h2-6,8-9,11H,7,10,12H2,1H3. The van der Waals surface area contributed by atoms with Crippen LogP contribution < -0.4 is 5.56 Å². The van der Waals surface area contributed by atoms with Gasteiger partial charge in [0.15, 0.2) is 12.4 Å². The number of aromatic nitrogens is 5. The second kappa shape index (κ2) is 6.85. The number of thiophene rings is 1. The van der Waals surface area contributed by atoms with E-state index >= 15 is 0 Å². The van der Waals surface area contributed by atoms with Crippen molar-refractivity contribution in [3.63, 3.8) is 0 Å². The summed E-state index contributed by atoms with van der Waals surface area (Å²) in [6.45, 7) is 0.534. The zero-order valence-corrected chi connectivity index (χ0v) is 16.4. The lowest BCUT2D eigenvalue weighted by molar-refractivity contribution is -0.145. The summed E-state index contributed by atoms with van der Waals surface area (Å²) >= 11 is 1.37. The van der Waals surface area contributed by atoms with E-state index in [9.17, 15) is 9.59 Å². The topological polar surface area (TPSA) is 83.4 Å². The van der Waals surface area contributed by atoms with Gasteiger partial charge in [-0.15, -0.1) is 21.5 Å². The summed E-state index contributed by atoms with van der Waals surface area (Å²) in [4.78, 5) is 24.7. The van der Waals surface area contributed by atoms with Gasteiger partial charge in [-0.25, -0.2) is 0 Å². The van der Waals surface area contributed by atoms with Gasteiger partial charge in [-0.05, 0) is 29.0 Å². The van der Waals surface area contributed by atoms with Crippen LogP contribution in [-0.2, 0) is 29.7 Å². The normalized spacial score (nSPS) is 11.6. The lowest BCUT2D eigenvalue weighted by Gasteiger charge is -2.07. The first-order valence-corrected chi connectivity index (χ1v) is 10.0. The number of aryl methyl sites for hydroxylation is 2. The fraction of sp³-hybridized carbons (Fsp3) is 0.200. The predicted octanol–water partition coefficient (Wildman–Crippen LogP) is 2.73. The molecule has 29 heavy (non-hydrogen) atoms. The summed E-state index contributed by atoms with van der Waals surface area (Å²) < 4.78 is 11.3. The molecule has 0 aliphatic rings. The number of carbonyl (C=O) groups excluding carboxylic acids is 1. The highest BCUT2D eigenvalue weighted by Gasteiger charge is 2.16. The largest absolute Gasteiger partial charge is 0.457 e. The van der Waals surface area contributed by atoms with Crippen molar-refractivity contribution >= 4 is 44.2 Å². The monoisotopic (exact) mass is 407 g/mol. The Morgan fingerprint density at radius 3 is 2.90 bits per heavy atom. The summed E-state index contributed by atoms with van der Waals surface area (Å²) in [5.41, 5.74) is 1.70. The maximum atomic E-state index is 12.4. The Kier molecular flexibility index (Phi) is 4.17. The van der Waals surface area contributed by atoms with Crippen molar-refractivity contribution in [1.29, 1.82) is 0 Å². The minimum atomic E-state index is -0.314. The number of hydrogen-bond donors (Lipinski definition) is 0. The van der Waals surface area contributed by atoms with Crippen LogP contribution in [0.15, 0.2) is 52.8 Å². The SMILES string of the molecule is Cn1c(=O)c2sccc2n2c(COC(=O)CCn3ccc4ccccc43)nnc12. The maximum absolute atomic E-state index is 12.4. The lowest BCUT2D eigenvalue weighted by Crippen LogP contribution is -2.19. The lowest BCUT2D eigenvalue weighted by atomic mass is 10.2. The second-order valence-corrected chi connectivity index (χ2v) is 7.65. The van der Waals surface area contributed by atoms with E-state index in [1.807, 2.05) is 52.5 Å². The minimum absolute atomic E-state index is 0.00439. The molecule has 0 saturated heterocycles. The van der Waals surface area contributed by atoms with Crippen molar-refractivity contribution in [1.82, 2.24) is 23.7 Å². The van der Waals surface area contributed by atoms with Gasteiger partial charge in [0, 0.05) is 25.3 Å². The number of carbonyl (C=O) groups is 1. The van der Waals surface area contributed by atoms with Crippen molar-refractivity contribution in [2.24, 2.45) is 7.05 Å². The van der Waals surface area contributed by atoms with Gasteiger partial charge < -0.3 is 9.30 Å². The van der Waals surface area contributed by atoms with E-state index in [0.29, 0.717) is 22.8 Å². The number of esters is 1. The second-order valence-electron chi connectivity index (χ2n) is 6.73. The minimum Gasteiger partial charge on any atom is -0.457 e. The molecule has 0 atom stereocenters. The van der Waals surface area contributed by atoms with E-state index in [1.165, 1.54) is 15.9 Å². The highest BCUT2D eigenvalue weighted by molar-refractivity contribution is 7.17. The van der Waals surface area contributed by atoms with Gasteiger partial charge in [-0.1, -0.05) is 18.2 Å². The molecule has 0 N–H and O–H groups in total. The summed E-state index contributed by atoms with van der Waals surface area (Å²) in [6.07, 6.45) is 2.22. The molecule has 0 unspecified atom stereocenters. The number of rotatable bonds is 5. The molecule has 5 rings (SSSR count). The zero-order chi connectivity index (χ0) is 20.0. The van der Waals surface area contributed by atoms with Crippen molar-refractivity contribution in [3.8, 4) is 0 Å². The third-order valence-corrected chi connectivity index (χ3v) is 5.89. The molecule has 0 amide bonds. The summed E-state index contributed by atoms with van der Waals surface area (Å²) in [5, 5.41) is 11.2. The number of fused-ring (bicyclic) bond motifs is 4. The van der Waals surface area contributed by atoms with Crippen molar-refractivity contribution in [3.05, 3.63) is 64.2 Å². The molecule has 8 nitrogen and oxygen atoms in total. The van der Waals surface area contributed by atoms with Crippen LogP contribution in [0, 0.1) is 0 Å². The highest BCUT2D eigenvalue weighted by atomic mass is 32.1. The van der Waals surface area contributed by atoms with Gasteiger partial charge in [-0.2, -0.15) is 0 Å². The van der Waals surface area contributed by atoms with Crippen LogP contribution in [0.5, 0.6) is 0 Å². The molecule has 0 aliphatic heterocycles. The molecule has 0 spiro atoms. The third-order valence-electron chi connectivity index (χ3n) is 5.00. The molecule has 4 aromatic heterocycles. The molecule has 4 heterocycles. The Morgan fingerprint density at radius 2 is 2.00 bits per heavy atom. The van der Waals surface area contributed by atoms with E-state index in [4.69, 9.17) is 4.74 Å².